The third kappa shape index (κ3) is 1.69. The lowest BCUT2D eigenvalue weighted by Crippen LogP contribution is -1.96. The van der Waals surface area contributed by atoms with Crippen LogP contribution in [-0.4, -0.2) is 4.98 Å². The lowest BCUT2D eigenvalue weighted by molar-refractivity contribution is 0.145. The van der Waals surface area contributed by atoms with Crippen molar-refractivity contribution in [3.8, 4) is 6.07 Å². The molecule has 1 heterocycles. The van der Waals surface area contributed by atoms with Gasteiger partial charge in [-0.05, 0) is 28.7 Å². The van der Waals surface area contributed by atoms with Gasteiger partial charge in [-0.3, -0.25) is 4.98 Å². The van der Waals surface area contributed by atoms with Crippen LogP contribution in [0.3, 0.4) is 0 Å². The van der Waals surface area contributed by atoms with Crippen LogP contribution in [0.2, 0.25) is 0 Å². The molecule has 0 radical (unpaired) electrons. The van der Waals surface area contributed by atoms with E-state index in [9.17, 15) is 8.78 Å². The van der Waals surface area contributed by atoms with Crippen LogP contribution in [-0.2, 0) is 0 Å². The highest BCUT2D eigenvalue weighted by Crippen LogP contribution is 2.23. The molecule has 12 heavy (non-hydrogen) atoms. The quantitative estimate of drug-likeness (QED) is 0.741. The van der Waals surface area contributed by atoms with Gasteiger partial charge in [-0.1, -0.05) is 0 Å². The molecular weight excluding hydrogens is 277 g/mol. The summed E-state index contributed by atoms with van der Waals surface area (Å²) in [5.74, 6) is 0. The highest BCUT2D eigenvalue weighted by molar-refractivity contribution is 14.1. The Bertz CT molecular complexity index is 333. The highest BCUT2D eigenvalue weighted by Gasteiger charge is 2.16. The number of rotatable bonds is 1. The van der Waals surface area contributed by atoms with Crippen molar-refractivity contribution in [3.63, 3.8) is 0 Å². The van der Waals surface area contributed by atoms with E-state index in [-0.39, 0.29) is 5.56 Å². The summed E-state index contributed by atoms with van der Waals surface area (Å²) in [5.41, 5.74) is -0.475. The molecule has 0 amide bonds. The van der Waals surface area contributed by atoms with E-state index >= 15 is 0 Å². The van der Waals surface area contributed by atoms with Gasteiger partial charge in [-0.15, -0.1) is 0 Å². The van der Waals surface area contributed by atoms with Crippen molar-refractivity contribution in [1.29, 1.82) is 5.26 Å². The molecule has 0 aliphatic heterocycles. The summed E-state index contributed by atoms with van der Waals surface area (Å²) in [6.07, 6.45) is -1.42. The van der Waals surface area contributed by atoms with Crippen LogP contribution in [0.15, 0.2) is 12.3 Å². The topological polar surface area (TPSA) is 36.7 Å². The summed E-state index contributed by atoms with van der Waals surface area (Å²) < 4.78 is 24.9. The first-order valence-corrected chi connectivity index (χ1v) is 4.07. The number of hydrogen-bond acceptors (Lipinski definition) is 2. The number of alkyl halides is 2. The fourth-order valence-electron chi connectivity index (χ4n) is 0.729. The molecule has 0 unspecified atom stereocenters. The minimum Gasteiger partial charge on any atom is -0.254 e. The second kappa shape index (κ2) is 3.76. The number of halogens is 3. The summed E-state index contributed by atoms with van der Waals surface area (Å²) in [4.78, 5) is 3.43. The fraction of sp³-hybridized carbons (Fsp3) is 0.143. The SMILES string of the molecule is N#Cc1c(I)ccnc1C(F)F. The van der Waals surface area contributed by atoms with E-state index in [0.717, 1.165) is 0 Å². The predicted octanol–water partition coefficient (Wildman–Crippen LogP) is 2.50. The summed E-state index contributed by atoms with van der Waals surface area (Å²) >= 11 is 1.82. The molecular formula is C7H3F2IN2. The van der Waals surface area contributed by atoms with Crippen molar-refractivity contribution in [3.05, 3.63) is 27.1 Å². The number of nitrogens with zero attached hydrogens (tertiary/aromatic N) is 2. The molecule has 0 aliphatic rings. The lowest BCUT2D eigenvalue weighted by Gasteiger charge is -2.01. The first-order chi connectivity index (χ1) is 5.66. The second-order valence-electron chi connectivity index (χ2n) is 1.97. The molecule has 0 aliphatic carbocycles. The van der Waals surface area contributed by atoms with Crippen LogP contribution in [0.1, 0.15) is 17.7 Å². The van der Waals surface area contributed by atoms with Crippen molar-refractivity contribution >= 4 is 22.6 Å². The van der Waals surface area contributed by atoms with Gasteiger partial charge >= 0.3 is 0 Å². The first kappa shape index (κ1) is 9.32. The van der Waals surface area contributed by atoms with E-state index in [0.29, 0.717) is 3.57 Å². The summed E-state index contributed by atoms with van der Waals surface area (Å²) in [7, 11) is 0. The molecule has 5 heteroatoms. The number of aromatic nitrogens is 1. The normalized spacial score (nSPS) is 9.92. The standard InChI is InChI=1S/C7H3F2IN2/c8-7(9)6-4(3-11)5(10)1-2-12-6/h1-2,7H. The summed E-state index contributed by atoms with van der Waals surface area (Å²) in [5, 5.41) is 8.52. The van der Waals surface area contributed by atoms with Gasteiger partial charge in [0.15, 0.2) is 0 Å². The Hall–Kier alpha value is -0.770. The molecule has 1 aromatic heterocycles. The molecule has 0 aromatic carbocycles. The molecule has 2 nitrogen and oxygen atoms in total. The van der Waals surface area contributed by atoms with Gasteiger partial charge < -0.3 is 0 Å². The van der Waals surface area contributed by atoms with Crippen molar-refractivity contribution < 1.29 is 8.78 Å². The maximum Gasteiger partial charge on any atom is 0.281 e. The Morgan fingerprint density at radius 1 is 1.58 bits per heavy atom. The highest BCUT2D eigenvalue weighted by atomic mass is 127. The van der Waals surface area contributed by atoms with Crippen LogP contribution >= 0.6 is 22.6 Å². The van der Waals surface area contributed by atoms with Crippen LogP contribution in [0.25, 0.3) is 0 Å². The summed E-state index contributed by atoms with van der Waals surface area (Å²) in [6.45, 7) is 0. The van der Waals surface area contributed by atoms with E-state index < -0.39 is 12.1 Å². The third-order valence-corrected chi connectivity index (χ3v) is 2.15. The first-order valence-electron chi connectivity index (χ1n) is 2.99. The van der Waals surface area contributed by atoms with Gasteiger partial charge in [0.1, 0.15) is 11.8 Å². The second-order valence-corrected chi connectivity index (χ2v) is 3.13. The van der Waals surface area contributed by atoms with E-state index in [1.165, 1.54) is 12.3 Å². The summed E-state index contributed by atoms with van der Waals surface area (Å²) in [6, 6.07) is 3.21. The zero-order valence-electron chi connectivity index (χ0n) is 5.76. The maximum absolute atomic E-state index is 12.2. The average molecular weight is 280 g/mol. The number of hydrogen-bond donors (Lipinski definition) is 0. The maximum atomic E-state index is 12.2. The van der Waals surface area contributed by atoms with E-state index in [1.807, 2.05) is 22.6 Å². The molecule has 0 fully saturated rings. The van der Waals surface area contributed by atoms with Crippen molar-refractivity contribution in [2.75, 3.05) is 0 Å². The fourth-order valence-corrected chi connectivity index (χ4v) is 1.29. The van der Waals surface area contributed by atoms with Gasteiger partial charge in [0.25, 0.3) is 6.43 Å². The Kier molecular flexibility index (Phi) is 2.92. The molecule has 0 spiro atoms. The molecule has 1 rings (SSSR count). The number of nitriles is 1. The molecule has 0 saturated carbocycles. The molecule has 1 aromatic rings. The van der Waals surface area contributed by atoms with Gasteiger partial charge in [0.05, 0.1) is 5.56 Å². The minimum atomic E-state index is -2.69. The predicted molar refractivity (Wildman–Crippen MR) is 46.6 cm³/mol. The Morgan fingerprint density at radius 2 is 2.25 bits per heavy atom. The zero-order valence-corrected chi connectivity index (χ0v) is 7.92. The largest absolute Gasteiger partial charge is 0.281 e. The van der Waals surface area contributed by atoms with E-state index in [2.05, 4.69) is 4.98 Å². The number of pyridine rings is 1. The van der Waals surface area contributed by atoms with Gasteiger partial charge in [-0.25, -0.2) is 8.78 Å². The Labute approximate surface area is 81.4 Å². The third-order valence-electron chi connectivity index (χ3n) is 1.25. The Morgan fingerprint density at radius 3 is 2.67 bits per heavy atom. The smallest absolute Gasteiger partial charge is 0.254 e. The molecule has 0 atom stereocenters. The van der Waals surface area contributed by atoms with Gasteiger partial charge in [0.2, 0.25) is 0 Å². The lowest BCUT2D eigenvalue weighted by atomic mass is 10.2. The van der Waals surface area contributed by atoms with Crippen molar-refractivity contribution in [2.24, 2.45) is 0 Å². The minimum absolute atomic E-state index is 0.0342. The van der Waals surface area contributed by atoms with Gasteiger partial charge in [-0.2, -0.15) is 5.26 Å². The molecule has 0 bridgehead atoms. The van der Waals surface area contributed by atoms with E-state index in [4.69, 9.17) is 5.26 Å². The van der Waals surface area contributed by atoms with Crippen LogP contribution in [0.4, 0.5) is 8.78 Å². The van der Waals surface area contributed by atoms with E-state index in [1.54, 1.807) is 6.07 Å². The molecule has 62 valence electrons. The molecule has 0 saturated heterocycles. The average Bonchev–Trinajstić information content (AvgIpc) is 2.03. The van der Waals surface area contributed by atoms with Crippen LogP contribution in [0.5, 0.6) is 0 Å². The van der Waals surface area contributed by atoms with Crippen LogP contribution in [0, 0.1) is 14.9 Å². The van der Waals surface area contributed by atoms with Crippen molar-refractivity contribution in [1.82, 2.24) is 4.98 Å². The zero-order chi connectivity index (χ0) is 9.14. The van der Waals surface area contributed by atoms with Crippen LogP contribution < -0.4 is 0 Å². The van der Waals surface area contributed by atoms with Gasteiger partial charge in [0, 0.05) is 9.77 Å². The monoisotopic (exact) mass is 280 g/mol. The Balaban J connectivity index is 3.30. The van der Waals surface area contributed by atoms with Crippen molar-refractivity contribution in [2.45, 2.75) is 6.43 Å². The molecule has 0 N–H and O–H groups in total.